The summed E-state index contributed by atoms with van der Waals surface area (Å²) in [6, 6.07) is 12.7. The smallest absolute Gasteiger partial charge is 0.258 e. The first-order chi connectivity index (χ1) is 13.0. The van der Waals surface area contributed by atoms with Crippen LogP contribution in [0.25, 0.3) is 17.3 Å². The number of non-ortho nitro benzene ring substituents is 1. The summed E-state index contributed by atoms with van der Waals surface area (Å²) < 4.78 is 13.6. The summed E-state index contributed by atoms with van der Waals surface area (Å²) in [7, 11) is 0. The van der Waals surface area contributed by atoms with E-state index in [1.807, 2.05) is 5.38 Å². The molecule has 1 N–H and O–H groups in total. The van der Waals surface area contributed by atoms with Crippen LogP contribution in [0.2, 0.25) is 0 Å². The average Bonchev–Trinajstić information content (AvgIpc) is 3.15. The van der Waals surface area contributed by atoms with Crippen molar-refractivity contribution in [1.82, 2.24) is 4.98 Å². The Morgan fingerprint density at radius 1 is 1.26 bits per heavy atom. The fourth-order valence-electron chi connectivity index (χ4n) is 2.21. The lowest BCUT2D eigenvalue weighted by atomic mass is 10.1. The fourth-order valence-corrected chi connectivity index (χ4v) is 2.87. The number of aromatic nitrogens is 1. The zero-order valence-electron chi connectivity index (χ0n) is 14.3. The lowest BCUT2D eigenvalue weighted by Crippen LogP contribution is -1.94. The average molecular weight is 382 g/mol. The Hall–Kier alpha value is -3.39. The van der Waals surface area contributed by atoms with E-state index in [1.165, 1.54) is 29.5 Å². The molecule has 1 heterocycles. The summed E-state index contributed by atoms with van der Waals surface area (Å²) in [5.41, 5.74) is 5.52. The highest BCUT2D eigenvalue weighted by molar-refractivity contribution is 7.14. The summed E-state index contributed by atoms with van der Waals surface area (Å²) in [5.74, 6) is -0.290. The second-order valence-corrected chi connectivity index (χ2v) is 6.42. The number of nitrogens with one attached hydrogen (secondary N) is 1. The van der Waals surface area contributed by atoms with Crippen LogP contribution in [0, 0.1) is 15.9 Å². The second kappa shape index (κ2) is 8.33. The highest BCUT2D eigenvalue weighted by atomic mass is 32.1. The van der Waals surface area contributed by atoms with Crippen molar-refractivity contribution in [3.05, 3.63) is 81.5 Å². The first-order valence-electron chi connectivity index (χ1n) is 7.96. The SMILES string of the molecule is CC(/C=C/c1ccccc1F)=N/Nc1nc(-c2ccc([N+](=O)[O-])cc2)cs1. The van der Waals surface area contributed by atoms with Crippen molar-refractivity contribution in [3.63, 3.8) is 0 Å². The first-order valence-corrected chi connectivity index (χ1v) is 8.84. The number of allylic oxidation sites excluding steroid dienone is 1. The Balaban J connectivity index is 1.65. The van der Waals surface area contributed by atoms with Crippen LogP contribution in [0.3, 0.4) is 0 Å². The van der Waals surface area contributed by atoms with Crippen LogP contribution in [0.15, 0.2) is 65.1 Å². The molecule has 0 bridgehead atoms. The van der Waals surface area contributed by atoms with Gasteiger partial charge in [-0.25, -0.2) is 9.37 Å². The highest BCUT2D eigenvalue weighted by Gasteiger charge is 2.08. The maximum absolute atomic E-state index is 13.6. The van der Waals surface area contributed by atoms with Gasteiger partial charge in [-0.2, -0.15) is 5.10 Å². The van der Waals surface area contributed by atoms with Crippen LogP contribution in [0.5, 0.6) is 0 Å². The van der Waals surface area contributed by atoms with Crippen molar-refractivity contribution in [2.45, 2.75) is 6.92 Å². The van der Waals surface area contributed by atoms with Gasteiger partial charge >= 0.3 is 0 Å². The number of anilines is 1. The molecule has 1 aromatic heterocycles. The van der Waals surface area contributed by atoms with Gasteiger partial charge in [0.05, 0.1) is 16.3 Å². The third kappa shape index (κ3) is 4.83. The van der Waals surface area contributed by atoms with Gasteiger partial charge in [0, 0.05) is 28.6 Å². The van der Waals surface area contributed by atoms with Crippen molar-refractivity contribution in [3.8, 4) is 11.3 Å². The van der Waals surface area contributed by atoms with Gasteiger partial charge in [0.2, 0.25) is 5.13 Å². The molecule has 0 amide bonds. The van der Waals surface area contributed by atoms with E-state index in [-0.39, 0.29) is 11.5 Å². The number of halogens is 1. The molecule has 0 saturated carbocycles. The normalized spacial score (nSPS) is 11.7. The molecule has 27 heavy (non-hydrogen) atoms. The lowest BCUT2D eigenvalue weighted by Gasteiger charge is -1.98. The number of rotatable bonds is 6. The first kappa shape index (κ1) is 18.4. The monoisotopic (exact) mass is 382 g/mol. The van der Waals surface area contributed by atoms with E-state index >= 15 is 0 Å². The molecule has 6 nitrogen and oxygen atoms in total. The molecule has 0 aliphatic carbocycles. The molecule has 3 rings (SSSR count). The summed E-state index contributed by atoms with van der Waals surface area (Å²) >= 11 is 1.37. The third-order valence-electron chi connectivity index (χ3n) is 3.62. The van der Waals surface area contributed by atoms with Crippen LogP contribution in [0.4, 0.5) is 15.2 Å². The van der Waals surface area contributed by atoms with Crippen LogP contribution in [0.1, 0.15) is 12.5 Å². The van der Waals surface area contributed by atoms with E-state index in [0.29, 0.717) is 22.1 Å². The summed E-state index contributed by atoms with van der Waals surface area (Å²) in [6.07, 6.45) is 3.36. The maximum Gasteiger partial charge on any atom is 0.269 e. The van der Waals surface area contributed by atoms with Crippen molar-refractivity contribution in [1.29, 1.82) is 0 Å². The minimum absolute atomic E-state index is 0.0363. The minimum Gasteiger partial charge on any atom is -0.258 e. The van der Waals surface area contributed by atoms with Crippen molar-refractivity contribution in [2.75, 3.05) is 5.43 Å². The molecule has 0 unspecified atom stereocenters. The standard InChI is InChI=1S/C19H15FN4O2S/c1-13(6-7-14-4-2-3-5-17(14)20)22-23-19-21-18(12-27-19)15-8-10-16(11-9-15)24(25)26/h2-12H,1H3,(H,21,23)/b7-6+,22-13-. The molecule has 0 aliphatic heterocycles. The number of thiazole rings is 1. The zero-order valence-corrected chi connectivity index (χ0v) is 15.1. The Labute approximate surface area is 158 Å². The molecule has 0 aliphatic rings. The molecule has 2 aromatic carbocycles. The Morgan fingerprint density at radius 3 is 2.70 bits per heavy atom. The number of hydrogen-bond donors (Lipinski definition) is 1. The van der Waals surface area contributed by atoms with Crippen LogP contribution >= 0.6 is 11.3 Å². The molecular weight excluding hydrogens is 367 g/mol. The van der Waals surface area contributed by atoms with E-state index in [1.54, 1.807) is 49.4 Å². The minimum atomic E-state index is -0.440. The number of hydrogen-bond acceptors (Lipinski definition) is 6. The topological polar surface area (TPSA) is 80.4 Å². The summed E-state index contributed by atoms with van der Waals surface area (Å²) in [4.78, 5) is 14.7. The molecule has 136 valence electrons. The Kier molecular flexibility index (Phi) is 5.68. The van der Waals surface area contributed by atoms with Gasteiger partial charge in [-0.15, -0.1) is 11.3 Å². The number of hydrazone groups is 1. The molecule has 8 heteroatoms. The van der Waals surface area contributed by atoms with Gasteiger partial charge < -0.3 is 0 Å². The summed E-state index contributed by atoms with van der Waals surface area (Å²) in [5, 5.41) is 17.3. The third-order valence-corrected chi connectivity index (χ3v) is 4.36. The van der Waals surface area contributed by atoms with Crippen LogP contribution in [-0.2, 0) is 0 Å². The number of nitrogens with zero attached hydrogens (tertiary/aromatic N) is 3. The number of benzene rings is 2. The molecule has 3 aromatic rings. The van der Waals surface area contributed by atoms with Crippen LogP contribution in [-0.4, -0.2) is 15.6 Å². The lowest BCUT2D eigenvalue weighted by molar-refractivity contribution is -0.384. The van der Waals surface area contributed by atoms with Gasteiger partial charge in [-0.1, -0.05) is 24.3 Å². The van der Waals surface area contributed by atoms with Gasteiger partial charge in [-0.3, -0.25) is 15.5 Å². The maximum atomic E-state index is 13.6. The Bertz CT molecular complexity index is 1010. The van der Waals surface area contributed by atoms with E-state index < -0.39 is 4.92 Å². The fraction of sp³-hybridized carbons (Fsp3) is 0.0526. The van der Waals surface area contributed by atoms with E-state index in [4.69, 9.17) is 0 Å². The summed E-state index contributed by atoms with van der Waals surface area (Å²) in [6.45, 7) is 1.79. The number of nitro groups is 1. The second-order valence-electron chi connectivity index (χ2n) is 5.56. The van der Waals surface area contributed by atoms with Gasteiger partial charge in [0.1, 0.15) is 5.82 Å². The van der Waals surface area contributed by atoms with Crippen molar-refractivity contribution in [2.24, 2.45) is 5.10 Å². The predicted octanol–water partition coefficient (Wildman–Crippen LogP) is 5.36. The molecule has 0 atom stereocenters. The van der Waals surface area contributed by atoms with E-state index in [9.17, 15) is 14.5 Å². The highest BCUT2D eigenvalue weighted by Crippen LogP contribution is 2.26. The van der Waals surface area contributed by atoms with Crippen LogP contribution < -0.4 is 5.43 Å². The quantitative estimate of drug-likeness (QED) is 0.354. The molecule has 0 radical (unpaired) electrons. The zero-order chi connectivity index (χ0) is 19.2. The van der Waals surface area contributed by atoms with Crippen molar-refractivity contribution < 1.29 is 9.31 Å². The van der Waals surface area contributed by atoms with E-state index in [2.05, 4.69) is 15.5 Å². The van der Waals surface area contributed by atoms with E-state index in [0.717, 1.165) is 5.56 Å². The molecular formula is C19H15FN4O2S. The molecule has 0 saturated heterocycles. The largest absolute Gasteiger partial charge is 0.269 e. The number of nitro benzene ring substituents is 1. The van der Waals surface area contributed by atoms with Gasteiger partial charge in [-0.05, 0) is 31.2 Å². The van der Waals surface area contributed by atoms with Gasteiger partial charge in [0.25, 0.3) is 5.69 Å². The van der Waals surface area contributed by atoms with Gasteiger partial charge in [0.15, 0.2) is 0 Å². The van der Waals surface area contributed by atoms with Crippen molar-refractivity contribution >= 4 is 33.9 Å². The Morgan fingerprint density at radius 2 is 2.00 bits per heavy atom. The molecule has 0 spiro atoms. The predicted molar refractivity (Wildman–Crippen MR) is 106 cm³/mol. The molecule has 0 fully saturated rings.